The summed E-state index contributed by atoms with van der Waals surface area (Å²) in [6, 6.07) is 26.7. The molecule has 3 aromatic carbocycles. The van der Waals surface area contributed by atoms with Gasteiger partial charge in [0.05, 0.1) is 13.7 Å². The summed E-state index contributed by atoms with van der Waals surface area (Å²) >= 11 is 0. The van der Waals surface area contributed by atoms with Crippen LogP contribution >= 0.6 is 0 Å². The highest BCUT2D eigenvalue weighted by atomic mass is 16.7. The number of methoxy groups -OCH3 is 1. The average molecular weight is 419 g/mol. The maximum Gasteiger partial charge on any atom is 0.181 e. The molecule has 2 bridgehead atoms. The van der Waals surface area contributed by atoms with Gasteiger partial charge in [0.15, 0.2) is 12.4 Å². The number of aliphatic hydroxyl groups is 1. The van der Waals surface area contributed by atoms with Gasteiger partial charge in [-0.1, -0.05) is 36.4 Å². The monoisotopic (exact) mass is 419 g/mol. The average Bonchev–Trinajstić information content (AvgIpc) is 3.26. The molecule has 160 valence electrons. The van der Waals surface area contributed by atoms with Gasteiger partial charge in [-0.3, -0.25) is 0 Å². The first-order valence-corrected chi connectivity index (χ1v) is 10.4. The molecule has 2 aliphatic heterocycles. The molecule has 2 fully saturated rings. The molecule has 5 atom stereocenters. The van der Waals surface area contributed by atoms with Crippen molar-refractivity contribution < 1.29 is 24.1 Å². The van der Waals surface area contributed by atoms with Crippen molar-refractivity contribution in [2.45, 2.75) is 30.6 Å². The van der Waals surface area contributed by atoms with Crippen molar-refractivity contribution >= 4 is 11.4 Å². The van der Waals surface area contributed by atoms with E-state index in [9.17, 15) is 5.11 Å². The van der Waals surface area contributed by atoms with Crippen molar-refractivity contribution in [1.82, 2.24) is 0 Å². The van der Waals surface area contributed by atoms with Crippen LogP contribution in [0.4, 0.5) is 11.4 Å². The number of hydrogen-bond acceptors (Lipinski definition) is 6. The summed E-state index contributed by atoms with van der Waals surface area (Å²) in [4.78, 5) is 2.07. The van der Waals surface area contributed by atoms with Gasteiger partial charge in [0, 0.05) is 11.4 Å². The SMILES string of the molecule is COc1ccc(O[C@H]2[C@H](O)[C@@H](N(c3ccccc3)c3ccccc3)[C@@H]3OC[C@H]2O3)cc1. The first kappa shape index (κ1) is 19.9. The molecule has 1 N–H and O–H groups in total. The third-order valence-electron chi connectivity index (χ3n) is 5.76. The van der Waals surface area contributed by atoms with E-state index in [1.807, 2.05) is 84.9 Å². The van der Waals surface area contributed by atoms with Gasteiger partial charge in [-0.05, 0) is 48.5 Å². The number of hydrogen-bond donors (Lipinski definition) is 1. The molecule has 2 saturated heterocycles. The minimum absolute atomic E-state index is 0.341. The largest absolute Gasteiger partial charge is 0.497 e. The summed E-state index contributed by atoms with van der Waals surface area (Å²) in [6.45, 7) is 0.371. The van der Waals surface area contributed by atoms with Crippen molar-refractivity contribution in [2.24, 2.45) is 0 Å². The summed E-state index contributed by atoms with van der Waals surface area (Å²) in [5.74, 6) is 1.39. The van der Waals surface area contributed by atoms with Crippen molar-refractivity contribution in [3.05, 3.63) is 84.9 Å². The van der Waals surface area contributed by atoms with Crippen LogP contribution < -0.4 is 14.4 Å². The molecule has 2 heterocycles. The van der Waals surface area contributed by atoms with Crippen LogP contribution in [-0.2, 0) is 9.47 Å². The van der Waals surface area contributed by atoms with E-state index in [2.05, 4.69) is 4.90 Å². The third-order valence-corrected chi connectivity index (χ3v) is 5.76. The fourth-order valence-electron chi connectivity index (χ4n) is 4.27. The molecule has 0 aromatic heterocycles. The quantitative estimate of drug-likeness (QED) is 0.657. The number of fused-ring (bicyclic) bond motifs is 2. The molecule has 31 heavy (non-hydrogen) atoms. The number of benzene rings is 3. The lowest BCUT2D eigenvalue weighted by atomic mass is 9.96. The van der Waals surface area contributed by atoms with Gasteiger partial charge in [0.2, 0.25) is 0 Å². The number of aliphatic hydroxyl groups excluding tert-OH is 1. The Kier molecular flexibility index (Phi) is 5.51. The summed E-state index contributed by atoms with van der Waals surface area (Å²) in [5.41, 5.74) is 1.89. The lowest BCUT2D eigenvalue weighted by Crippen LogP contribution is -2.61. The maximum atomic E-state index is 11.5. The van der Waals surface area contributed by atoms with Crippen molar-refractivity contribution in [2.75, 3.05) is 18.6 Å². The molecule has 5 rings (SSSR count). The van der Waals surface area contributed by atoms with Crippen LogP contribution in [0.5, 0.6) is 11.5 Å². The number of ether oxygens (including phenoxy) is 4. The van der Waals surface area contributed by atoms with Crippen LogP contribution in [0.3, 0.4) is 0 Å². The Hall–Kier alpha value is -3.06. The van der Waals surface area contributed by atoms with Crippen LogP contribution in [0, 0.1) is 0 Å². The second kappa shape index (κ2) is 8.59. The fraction of sp³-hybridized carbons (Fsp3) is 0.280. The number of nitrogens with zero attached hydrogens (tertiary/aromatic N) is 1. The van der Waals surface area contributed by atoms with Gasteiger partial charge in [0.1, 0.15) is 29.7 Å². The molecule has 2 aliphatic rings. The zero-order chi connectivity index (χ0) is 21.2. The minimum atomic E-state index is -0.839. The topological polar surface area (TPSA) is 60.4 Å². The van der Waals surface area contributed by atoms with Gasteiger partial charge < -0.3 is 29.0 Å². The Labute approximate surface area is 181 Å². The maximum absolute atomic E-state index is 11.5. The van der Waals surface area contributed by atoms with E-state index in [1.54, 1.807) is 7.11 Å². The lowest BCUT2D eigenvalue weighted by molar-refractivity contribution is -0.170. The zero-order valence-corrected chi connectivity index (χ0v) is 17.2. The van der Waals surface area contributed by atoms with Gasteiger partial charge in [-0.2, -0.15) is 0 Å². The fourth-order valence-corrected chi connectivity index (χ4v) is 4.27. The third kappa shape index (κ3) is 3.85. The minimum Gasteiger partial charge on any atom is -0.497 e. The Balaban J connectivity index is 1.49. The summed E-state index contributed by atoms with van der Waals surface area (Å²) < 4.78 is 23.6. The lowest BCUT2D eigenvalue weighted by Gasteiger charge is -2.44. The molecule has 0 spiro atoms. The first-order valence-electron chi connectivity index (χ1n) is 10.4. The first-order chi connectivity index (χ1) is 15.2. The highest BCUT2D eigenvalue weighted by Crippen LogP contribution is 2.39. The Bertz CT molecular complexity index is 942. The number of rotatable bonds is 6. The molecule has 0 saturated carbocycles. The molecule has 0 aliphatic carbocycles. The van der Waals surface area contributed by atoms with Gasteiger partial charge in [-0.15, -0.1) is 0 Å². The molecule has 0 amide bonds. The van der Waals surface area contributed by atoms with E-state index >= 15 is 0 Å². The highest BCUT2D eigenvalue weighted by molar-refractivity contribution is 5.64. The molecule has 6 nitrogen and oxygen atoms in total. The molecular weight excluding hydrogens is 394 g/mol. The molecule has 3 aromatic rings. The smallest absolute Gasteiger partial charge is 0.181 e. The normalized spacial score (nSPS) is 27.0. The van der Waals surface area contributed by atoms with Crippen LogP contribution in [0.1, 0.15) is 0 Å². The predicted octanol–water partition coefficient (Wildman–Crippen LogP) is 3.77. The number of para-hydroxylation sites is 2. The highest BCUT2D eigenvalue weighted by Gasteiger charge is 2.54. The van der Waals surface area contributed by atoms with Crippen LogP contribution in [-0.4, -0.2) is 49.5 Å². The second-order valence-electron chi connectivity index (χ2n) is 7.66. The van der Waals surface area contributed by atoms with E-state index in [1.165, 1.54) is 0 Å². The predicted molar refractivity (Wildman–Crippen MR) is 117 cm³/mol. The van der Waals surface area contributed by atoms with E-state index in [0.29, 0.717) is 12.4 Å². The molecule has 0 unspecified atom stereocenters. The summed E-state index contributed by atoms with van der Waals surface area (Å²) in [5, 5.41) is 11.5. The van der Waals surface area contributed by atoms with Crippen molar-refractivity contribution in [3.63, 3.8) is 0 Å². The van der Waals surface area contributed by atoms with Crippen LogP contribution in [0.2, 0.25) is 0 Å². The molecule has 6 heteroatoms. The standard InChI is InChI=1S/C25H25NO5/c1-28-19-12-14-20(15-13-19)30-24-21-16-29-25(31-21)22(23(24)27)26(17-8-4-2-5-9-17)18-10-6-3-7-11-18/h2-15,21-25,27H,16H2,1H3/t21-,22-,23-,24-,25-/m1/s1. The van der Waals surface area contributed by atoms with Crippen molar-refractivity contribution in [1.29, 1.82) is 0 Å². The van der Waals surface area contributed by atoms with Gasteiger partial charge in [0.25, 0.3) is 0 Å². The van der Waals surface area contributed by atoms with Gasteiger partial charge in [-0.25, -0.2) is 0 Å². The van der Waals surface area contributed by atoms with Crippen molar-refractivity contribution in [3.8, 4) is 11.5 Å². The van der Waals surface area contributed by atoms with Gasteiger partial charge >= 0.3 is 0 Å². The number of anilines is 2. The second-order valence-corrected chi connectivity index (χ2v) is 7.66. The van der Waals surface area contributed by atoms with E-state index in [0.717, 1.165) is 17.1 Å². The Morgan fingerprint density at radius 2 is 1.42 bits per heavy atom. The Morgan fingerprint density at radius 3 is 2.00 bits per heavy atom. The van der Waals surface area contributed by atoms with Crippen LogP contribution in [0.15, 0.2) is 84.9 Å². The molecular formula is C25H25NO5. The van der Waals surface area contributed by atoms with E-state index in [4.69, 9.17) is 18.9 Å². The summed E-state index contributed by atoms with van der Waals surface area (Å²) in [6.07, 6.45) is -2.32. The van der Waals surface area contributed by atoms with E-state index in [-0.39, 0.29) is 6.10 Å². The Morgan fingerprint density at radius 1 is 0.839 bits per heavy atom. The van der Waals surface area contributed by atoms with E-state index < -0.39 is 24.5 Å². The zero-order valence-electron chi connectivity index (χ0n) is 17.2. The van der Waals surface area contributed by atoms with Crippen LogP contribution in [0.25, 0.3) is 0 Å². The molecule has 0 radical (unpaired) electrons. The summed E-state index contributed by atoms with van der Waals surface area (Å²) in [7, 11) is 1.62.